The Balaban J connectivity index is 1.36. The highest BCUT2D eigenvalue weighted by Crippen LogP contribution is 2.32. The predicted molar refractivity (Wildman–Crippen MR) is 121 cm³/mol. The Kier molecular flexibility index (Phi) is 5.47. The van der Waals surface area contributed by atoms with Crippen LogP contribution in [-0.4, -0.2) is 79.0 Å². The molecule has 0 radical (unpaired) electrons. The molecule has 5 rings (SSSR count). The molecule has 2 aromatic rings. The van der Waals surface area contributed by atoms with Gasteiger partial charge in [0.05, 0.1) is 4.90 Å². The van der Waals surface area contributed by atoms with Gasteiger partial charge in [0.15, 0.2) is 0 Å². The molecule has 3 N–H and O–H groups in total. The van der Waals surface area contributed by atoms with Crippen molar-refractivity contribution in [3.8, 4) is 0 Å². The smallest absolute Gasteiger partial charge is 0.325 e. The summed E-state index contributed by atoms with van der Waals surface area (Å²) in [6.07, 6.45) is 0.789. The maximum atomic E-state index is 12.8. The summed E-state index contributed by atoms with van der Waals surface area (Å²) in [6.45, 7) is 3.36. The lowest BCUT2D eigenvalue weighted by Gasteiger charge is -2.42. The number of hydrogen-bond donors (Lipinski definition) is 3. The summed E-state index contributed by atoms with van der Waals surface area (Å²) < 4.78 is 28.0. The number of aryl methyl sites for hydroxylation is 1. The van der Waals surface area contributed by atoms with Crippen LogP contribution in [0, 0.1) is 0 Å². The molecule has 3 atom stereocenters. The fourth-order valence-electron chi connectivity index (χ4n) is 4.46. The van der Waals surface area contributed by atoms with Crippen LogP contribution in [0.1, 0.15) is 18.4 Å². The van der Waals surface area contributed by atoms with Crippen LogP contribution in [0.2, 0.25) is 0 Å². The van der Waals surface area contributed by atoms with Crippen LogP contribution < -0.4 is 20.3 Å². The lowest BCUT2D eigenvalue weighted by molar-refractivity contribution is -0.128. The first-order valence-electron chi connectivity index (χ1n) is 10.6. The van der Waals surface area contributed by atoms with Gasteiger partial charge in [0, 0.05) is 25.8 Å². The monoisotopic (exact) mass is 492 g/mol. The number of nitrogens with one attached hydrogen (secondary N) is 3. The van der Waals surface area contributed by atoms with E-state index >= 15 is 0 Å². The highest BCUT2D eigenvalue weighted by Gasteiger charge is 2.53. The van der Waals surface area contributed by atoms with Crippen molar-refractivity contribution in [2.75, 3.05) is 29.8 Å². The van der Waals surface area contributed by atoms with Crippen molar-refractivity contribution < 1.29 is 18.0 Å². The van der Waals surface area contributed by atoms with Crippen LogP contribution in [0.15, 0.2) is 29.2 Å². The minimum absolute atomic E-state index is 0.117. The fraction of sp³-hybridized carbons (Fsp3) is 0.474. The Morgan fingerprint density at radius 2 is 1.94 bits per heavy atom. The Hall–Kier alpha value is -2.81. The van der Waals surface area contributed by atoms with Crippen LogP contribution in [0.5, 0.6) is 0 Å². The highest BCUT2D eigenvalue weighted by molar-refractivity contribution is 7.93. The number of fused-ring (bicyclic) bond motifs is 3. The number of carbonyl (C=O) groups is 2. The molecule has 3 aliphatic rings. The van der Waals surface area contributed by atoms with Gasteiger partial charge >= 0.3 is 6.03 Å². The number of imide groups is 1. The highest BCUT2D eigenvalue weighted by atomic mass is 32.2. The van der Waals surface area contributed by atoms with E-state index in [4.69, 9.17) is 0 Å². The summed E-state index contributed by atoms with van der Waals surface area (Å²) in [6, 6.07) is 5.67. The molecule has 0 spiro atoms. The lowest BCUT2D eigenvalue weighted by Crippen LogP contribution is -2.65. The van der Waals surface area contributed by atoms with E-state index < -0.39 is 28.3 Å². The van der Waals surface area contributed by atoms with E-state index in [1.54, 1.807) is 31.3 Å². The molecule has 0 saturated carbocycles. The van der Waals surface area contributed by atoms with E-state index in [9.17, 15) is 18.0 Å². The van der Waals surface area contributed by atoms with Crippen molar-refractivity contribution in [1.29, 1.82) is 0 Å². The molecule has 33 heavy (non-hydrogen) atoms. The minimum atomic E-state index is -3.79. The van der Waals surface area contributed by atoms with Crippen molar-refractivity contribution in [3.63, 3.8) is 0 Å². The van der Waals surface area contributed by atoms with Gasteiger partial charge in [0.2, 0.25) is 11.0 Å². The minimum Gasteiger partial charge on any atom is -0.343 e. The second-order valence-corrected chi connectivity index (χ2v) is 10.8. The molecule has 3 amide bonds. The normalized spacial score (nSPS) is 25.6. The van der Waals surface area contributed by atoms with Crippen molar-refractivity contribution >= 4 is 44.1 Å². The van der Waals surface area contributed by atoms with Crippen molar-refractivity contribution in [1.82, 2.24) is 30.6 Å². The van der Waals surface area contributed by atoms with E-state index in [0.717, 1.165) is 23.7 Å². The van der Waals surface area contributed by atoms with E-state index in [2.05, 4.69) is 30.5 Å². The number of rotatable bonds is 5. The number of sulfonamides is 1. The van der Waals surface area contributed by atoms with Gasteiger partial charge < -0.3 is 9.80 Å². The van der Waals surface area contributed by atoms with E-state index in [-0.39, 0.29) is 22.2 Å². The maximum absolute atomic E-state index is 12.8. The average Bonchev–Trinajstić information content (AvgIpc) is 3.41. The molecule has 176 valence electrons. The fourth-order valence-corrected chi connectivity index (χ4v) is 6.37. The van der Waals surface area contributed by atoms with Crippen LogP contribution in [-0.2, 0) is 21.2 Å². The Labute approximate surface area is 195 Å². The molecule has 3 fully saturated rings. The standard InChI is InChI=1S/C19H24N8O4S2/c1-3-13-22-23-17(32-13)24-33(30,31)12-7-5-11(6-8-12)26-9-4-10-27-14-15(20-18(26)27)25(2)19(29)21-16(14)28/h5-8,14-15,18,20H,3-4,9-10H2,1-2H3,(H,23,24)(H,21,28,29). The zero-order chi connectivity index (χ0) is 23.3. The zero-order valence-corrected chi connectivity index (χ0v) is 19.7. The van der Waals surface area contributed by atoms with Gasteiger partial charge in [-0.3, -0.25) is 25.1 Å². The number of anilines is 2. The second-order valence-electron chi connectivity index (χ2n) is 8.07. The molecular formula is C19H24N8O4S2. The average molecular weight is 493 g/mol. The first kappa shape index (κ1) is 22.0. The summed E-state index contributed by atoms with van der Waals surface area (Å²) in [5.74, 6) is -0.310. The van der Waals surface area contributed by atoms with Gasteiger partial charge in [0.25, 0.3) is 10.0 Å². The molecule has 4 heterocycles. The van der Waals surface area contributed by atoms with E-state index in [0.29, 0.717) is 13.0 Å². The number of aromatic nitrogens is 2. The molecule has 0 bridgehead atoms. The van der Waals surface area contributed by atoms with Crippen LogP contribution >= 0.6 is 11.3 Å². The Morgan fingerprint density at radius 1 is 1.18 bits per heavy atom. The van der Waals surface area contributed by atoms with Crippen molar-refractivity contribution in [3.05, 3.63) is 29.3 Å². The Morgan fingerprint density at radius 3 is 2.64 bits per heavy atom. The molecule has 0 aliphatic carbocycles. The third kappa shape index (κ3) is 3.82. The van der Waals surface area contributed by atoms with E-state index in [1.807, 2.05) is 11.8 Å². The van der Waals surface area contributed by atoms with Gasteiger partial charge in [-0.05, 0) is 37.1 Å². The van der Waals surface area contributed by atoms with E-state index in [1.165, 1.54) is 16.2 Å². The summed E-state index contributed by atoms with van der Waals surface area (Å²) in [5.41, 5.74) is 0.813. The number of nitrogens with zero attached hydrogens (tertiary/aromatic N) is 5. The van der Waals surface area contributed by atoms with Gasteiger partial charge in [-0.2, -0.15) is 0 Å². The maximum Gasteiger partial charge on any atom is 0.325 e. The first-order valence-corrected chi connectivity index (χ1v) is 12.9. The molecule has 3 saturated heterocycles. The molecule has 1 aromatic carbocycles. The molecule has 3 unspecified atom stereocenters. The van der Waals surface area contributed by atoms with Crippen molar-refractivity contribution in [2.45, 2.75) is 43.2 Å². The number of benzene rings is 1. The number of likely N-dealkylation sites (N-methyl/N-ethyl adjacent to an activating group) is 1. The second kappa shape index (κ2) is 8.20. The summed E-state index contributed by atoms with van der Waals surface area (Å²) >= 11 is 1.21. The summed E-state index contributed by atoms with van der Waals surface area (Å²) in [7, 11) is -2.14. The van der Waals surface area contributed by atoms with Crippen LogP contribution in [0.3, 0.4) is 0 Å². The van der Waals surface area contributed by atoms with Gasteiger partial charge in [-0.1, -0.05) is 18.3 Å². The predicted octanol–water partition coefficient (Wildman–Crippen LogP) is 0.177. The molecule has 14 heteroatoms. The third-order valence-corrected chi connectivity index (χ3v) is 8.57. The molecule has 12 nitrogen and oxygen atoms in total. The third-order valence-electron chi connectivity index (χ3n) is 6.11. The quantitative estimate of drug-likeness (QED) is 0.533. The van der Waals surface area contributed by atoms with Crippen LogP contribution in [0.4, 0.5) is 15.6 Å². The Bertz CT molecular complexity index is 1180. The summed E-state index contributed by atoms with van der Waals surface area (Å²) in [5, 5.41) is 14.6. The number of hydrogen-bond acceptors (Lipinski definition) is 10. The largest absolute Gasteiger partial charge is 0.343 e. The SMILES string of the molecule is CCc1nnc(NS(=O)(=O)c2ccc(N3CCCN4C5C(=O)NC(=O)N(C)C5NC34)cc2)s1. The topological polar surface area (TPSA) is 140 Å². The molecule has 1 aromatic heterocycles. The first-order chi connectivity index (χ1) is 15.8. The lowest BCUT2D eigenvalue weighted by atomic mass is 10.1. The number of amides is 3. The number of carbonyl (C=O) groups excluding carboxylic acids is 2. The zero-order valence-electron chi connectivity index (χ0n) is 18.1. The van der Waals surface area contributed by atoms with Crippen LogP contribution in [0.25, 0.3) is 0 Å². The molecule has 3 aliphatic heterocycles. The number of urea groups is 1. The van der Waals surface area contributed by atoms with Gasteiger partial charge in [-0.15, -0.1) is 10.2 Å². The molecular weight excluding hydrogens is 468 g/mol. The van der Waals surface area contributed by atoms with Crippen molar-refractivity contribution in [2.24, 2.45) is 0 Å². The van der Waals surface area contributed by atoms with Gasteiger partial charge in [0.1, 0.15) is 23.5 Å². The summed E-state index contributed by atoms with van der Waals surface area (Å²) in [4.78, 5) is 30.3. The van der Waals surface area contributed by atoms with Gasteiger partial charge in [-0.25, -0.2) is 13.2 Å².